The molecule has 63 valence electrons. The van der Waals surface area contributed by atoms with Gasteiger partial charge in [-0.1, -0.05) is 24.3 Å². The molecule has 1 aliphatic heterocycles. The summed E-state index contributed by atoms with van der Waals surface area (Å²) in [6, 6.07) is 9.09. The zero-order valence-corrected chi connectivity index (χ0v) is 7.22. The highest BCUT2D eigenvalue weighted by Crippen LogP contribution is 2.22. The predicted molar refractivity (Wildman–Crippen MR) is 50.9 cm³/mol. The summed E-state index contributed by atoms with van der Waals surface area (Å²) in [5, 5.41) is 3.47. The van der Waals surface area contributed by atoms with E-state index in [2.05, 4.69) is 36.5 Å². The molecule has 1 unspecified atom stereocenters. The van der Waals surface area contributed by atoms with Crippen LogP contribution < -0.4 is 5.32 Å². The first-order valence-electron chi connectivity index (χ1n) is 4.51. The molecule has 1 atom stereocenters. The van der Waals surface area contributed by atoms with Crippen LogP contribution >= 0.6 is 0 Å². The molecule has 0 saturated carbocycles. The molecule has 0 bridgehead atoms. The van der Waals surface area contributed by atoms with Gasteiger partial charge in [0.2, 0.25) is 0 Å². The molecule has 2 rings (SSSR count). The van der Waals surface area contributed by atoms with Crippen LogP contribution in [0, 0.1) is 6.92 Å². The first kappa shape index (κ1) is 7.81. The van der Waals surface area contributed by atoms with Crippen molar-refractivity contribution < 1.29 is 0 Å². The molecule has 0 aromatic heterocycles. The van der Waals surface area contributed by atoms with Gasteiger partial charge >= 0.3 is 0 Å². The summed E-state index contributed by atoms with van der Waals surface area (Å²) < 4.78 is 0. The van der Waals surface area contributed by atoms with Crippen LogP contribution in [0.5, 0.6) is 0 Å². The standard InChI is InChI=1S/C11H14N/c1-9-4-6-10(7-5-9)11-3-2-8-12-11/h4-7,11-12H,1-3,8H2. The van der Waals surface area contributed by atoms with Crippen LogP contribution in [-0.2, 0) is 0 Å². The van der Waals surface area contributed by atoms with Crippen LogP contribution in [0.15, 0.2) is 24.3 Å². The molecule has 1 aromatic rings. The first-order valence-corrected chi connectivity index (χ1v) is 4.51. The fourth-order valence-electron chi connectivity index (χ4n) is 1.72. The third-order valence-corrected chi connectivity index (χ3v) is 2.44. The Kier molecular flexibility index (Phi) is 2.13. The summed E-state index contributed by atoms with van der Waals surface area (Å²) in [6.45, 7) is 5.03. The molecule has 1 aromatic carbocycles. The van der Waals surface area contributed by atoms with Gasteiger partial charge in [-0.15, -0.1) is 0 Å². The highest BCUT2D eigenvalue weighted by Gasteiger charge is 2.14. The van der Waals surface area contributed by atoms with E-state index in [0.717, 1.165) is 12.1 Å². The molecule has 0 amide bonds. The molecule has 1 heteroatoms. The van der Waals surface area contributed by atoms with Gasteiger partial charge in [-0.05, 0) is 37.4 Å². The van der Waals surface area contributed by atoms with Crippen molar-refractivity contribution >= 4 is 0 Å². The zero-order chi connectivity index (χ0) is 8.39. The molecule has 12 heavy (non-hydrogen) atoms. The predicted octanol–water partition coefficient (Wildman–Crippen LogP) is 2.29. The van der Waals surface area contributed by atoms with Crippen molar-refractivity contribution in [3.05, 3.63) is 42.3 Å². The van der Waals surface area contributed by atoms with Gasteiger partial charge < -0.3 is 5.32 Å². The van der Waals surface area contributed by atoms with Gasteiger partial charge in [-0.3, -0.25) is 0 Å². The van der Waals surface area contributed by atoms with E-state index in [-0.39, 0.29) is 0 Å². The minimum atomic E-state index is 0.589. The van der Waals surface area contributed by atoms with Gasteiger partial charge in [-0.2, -0.15) is 0 Å². The van der Waals surface area contributed by atoms with Gasteiger partial charge in [0.05, 0.1) is 0 Å². The maximum Gasteiger partial charge on any atom is 0.0320 e. The monoisotopic (exact) mass is 160 g/mol. The molecule has 1 aliphatic rings. The largest absolute Gasteiger partial charge is 0.310 e. The lowest BCUT2D eigenvalue weighted by molar-refractivity contribution is 0.648. The third kappa shape index (κ3) is 1.51. The summed E-state index contributed by atoms with van der Waals surface area (Å²) in [4.78, 5) is 0. The highest BCUT2D eigenvalue weighted by atomic mass is 14.9. The highest BCUT2D eigenvalue weighted by molar-refractivity contribution is 5.26. The molecule has 1 N–H and O–H groups in total. The molecule has 0 aliphatic carbocycles. The quantitative estimate of drug-likeness (QED) is 0.664. The van der Waals surface area contributed by atoms with E-state index in [1.165, 1.54) is 18.4 Å². The van der Waals surface area contributed by atoms with Gasteiger partial charge in [0.25, 0.3) is 0 Å². The molecule has 1 saturated heterocycles. The lowest BCUT2D eigenvalue weighted by Crippen LogP contribution is -2.12. The van der Waals surface area contributed by atoms with Crippen molar-refractivity contribution in [3.8, 4) is 0 Å². The van der Waals surface area contributed by atoms with Crippen LogP contribution in [-0.4, -0.2) is 6.54 Å². The molecular weight excluding hydrogens is 146 g/mol. The minimum Gasteiger partial charge on any atom is -0.310 e. The zero-order valence-electron chi connectivity index (χ0n) is 7.22. The maximum atomic E-state index is 3.87. The fraction of sp³-hybridized carbons (Fsp3) is 0.364. The summed E-state index contributed by atoms with van der Waals surface area (Å²) in [5.41, 5.74) is 2.50. The third-order valence-electron chi connectivity index (χ3n) is 2.44. The lowest BCUT2D eigenvalue weighted by Gasteiger charge is -2.09. The maximum absolute atomic E-state index is 3.87. The van der Waals surface area contributed by atoms with E-state index in [4.69, 9.17) is 0 Å². The van der Waals surface area contributed by atoms with Crippen molar-refractivity contribution in [2.75, 3.05) is 6.54 Å². The van der Waals surface area contributed by atoms with Crippen LogP contribution in [0.4, 0.5) is 0 Å². The summed E-state index contributed by atoms with van der Waals surface area (Å²) in [6.07, 6.45) is 2.58. The van der Waals surface area contributed by atoms with Crippen LogP contribution in [0.3, 0.4) is 0 Å². The second kappa shape index (κ2) is 3.28. The van der Waals surface area contributed by atoms with Crippen molar-refractivity contribution in [1.82, 2.24) is 5.32 Å². The molecule has 1 fully saturated rings. The van der Waals surface area contributed by atoms with E-state index in [1.54, 1.807) is 0 Å². The number of benzene rings is 1. The van der Waals surface area contributed by atoms with Crippen molar-refractivity contribution in [2.24, 2.45) is 0 Å². The Morgan fingerprint density at radius 2 is 2.00 bits per heavy atom. The number of hydrogen-bond acceptors (Lipinski definition) is 1. The number of nitrogens with one attached hydrogen (secondary N) is 1. The Morgan fingerprint density at radius 3 is 2.58 bits per heavy atom. The van der Waals surface area contributed by atoms with Crippen LogP contribution in [0.2, 0.25) is 0 Å². The van der Waals surface area contributed by atoms with Crippen molar-refractivity contribution in [2.45, 2.75) is 18.9 Å². The average Bonchev–Trinajstić information content (AvgIpc) is 2.58. The van der Waals surface area contributed by atoms with Crippen LogP contribution in [0.25, 0.3) is 0 Å². The van der Waals surface area contributed by atoms with E-state index in [0.29, 0.717) is 6.04 Å². The normalized spacial score (nSPS) is 22.9. The summed E-state index contributed by atoms with van der Waals surface area (Å²) in [5.74, 6) is 0. The topological polar surface area (TPSA) is 12.0 Å². The second-order valence-electron chi connectivity index (χ2n) is 3.39. The molecular formula is C11H14N. The van der Waals surface area contributed by atoms with E-state index in [1.807, 2.05) is 0 Å². The molecule has 0 spiro atoms. The summed E-state index contributed by atoms with van der Waals surface area (Å²) in [7, 11) is 0. The Balaban J connectivity index is 2.17. The number of rotatable bonds is 1. The Morgan fingerprint density at radius 1 is 1.25 bits per heavy atom. The fourth-order valence-corrected chi connectivity index (χ4v) is 1.72. The smallest absolute Gasteiger partial charge is 0.0320 e. The molecule has 1 heterocycles. The van der Waals surface area contributed by atoms with Gasteiger partial charge in [0, 0.05) is 6.04 Å². The van der Waals surface area contributed by atoms with Crippen molar-refractivity contribution in [3.63, 3.8) is 0 Å². The Hall–Kier alpha value is -0.820. The second-order valence-corrected chi connectivity index (χ2v) is 3.39. The number of hydrogen-bond donors (Lipinski definition) is 1. The van der Waals surface area contributed by atoms with Gasteiger partial charge in [0.15, 0.2) is 0 Å². The van der Waals surface area contributed by atoms with E-state index < -0.39 is 0 Å². The van der Waals surface area contributed by atoms with E-state index in [9.17, 15) is 0 Å². The minimum absolute atomic E-state index is 0.589. The average molecular weight is 160 g/mol. The summed E-state index contributed by atoms with van der Waals surface area (Å²) >= 11 is 0. The van der Waals surface area contributed by atoms with Gasteiger partial charge in [-0.25, -0.2) is 0 Å². The molecule has 1 nitrogen and oxygen atoms in total. The Labute approximate surface area is 73.8 Å². The SMILES string of the molecule is [CH2]c1ccc(C2CCCN2)cc1. The Bertz CT molecular complexity index is 244. The van der Waals surface area contributed by atoms with E-state index >= 15 is 0 Å². The van der Waals surface area contributed by atoms with Crippen molar-refractivity contribution in [1.29, 1.82) is 0 Å². The molecule has 1 radical (unpaired) electrons. The van der Waals surface area contributed by atoms with Gasteiger partial charge in [0.1, 0.15) is 0 Å². The van der Waals surface area contributed by atoms with Crippen LogP contribution in [0.1, 0.15) is 30.0 Å². The first-order chi connectivity index (χ1) is 5.86. The lowest BCUT2D eigenvalue weighted by atomic mass is 10.0.